The van der Waals surface area contributed by atoms with Gasteiger partial charge in [0, 0.05) is 0 Å². The molecule has 0 aromatic heterocycles. The predicted molar refractivity (Wildman–Crippen MR) is 68.8 cm³/mol. The maximum Gasteiger partial charge on any atom is 0.402 e. The monoisotopic (exact) mass is 338 g/mol. The Morgan fingerprint density at radius 3 is 2.27 bits per heavy atom. The SMILES string of the molecule is O=C(CCOC(=O)c1ccccc1)OCC(F)(F)S(=O)(=O)O. The number of hydrogen-bond acceptors (Lipinski definition) is 6. The van der Waals surface area contributed by atoms with Crippen molar-refractivity contribution in [2.45, 2.75) is 11.7 Å². The zero-order valence-electron chi connectivity index (χ0n) is 11.1. The minimum atomic E-state index is -5.66. The Balaban J connectivity index is 2.34. The zero-order chi connectivity index (χ0) is 16.8. The van der Waals surface area contributed by atoms with Crippen LogP contribution in [0.25, 0.3) is 0 Å². The first-order valence-corrected chi connectivity index (χ1v) is 7.30. The van der Waals surface area contributed by atoms with Crippen LogP contribution in [0.15, 0.2) is 30.3 Å². The van der Waals surface area contributed by atoms with Crippen LogP contribution in [0.2, 0.25) is 0 Å². The Kier molecular flexibility index (Phi) is 5.94. The van der Waals surface area contributed by atoms with Crippen LogP contribution in [0.4, 0.5) is 8.78 Å². The van der Waals surface area contributed by atoms with E-state index in [0.717, 1.165) is 0 Å². The van der Waals surface area contributed by atoms with Crippen molar-refractivity contribution in [3.63, 3.8) is 0 Å². The lowest BCUT2D eigenvalue weighted by Gasteiger charge is -2.12. The minimum absolute atomic E-state index is 0.244. The highest BCUT2D eigenvalue weighted by molar-refractivity contribution is 7.86. The van der Waals surface area contributed by atoms with Crippen molar-refractivity contribution in [3.8, 4) is 0 Å². The first-order valence-electron chi connectivity index (χ1n) is 5.86. The maximum absolute atomic E-state index is 12.8. The van der Waals surface area contributed by atoms with Gasteiger partial charge in [-0.25, -0.2) is 4.79 Å². The Bertz CT molecular complexity index is 628. The maximum atomic E-state index is 12.8. The van der Waals surface area contributed by atoms with E-state index >= 15 is 0 Å². The molecule has 0 amide bonds. The van der Waals surface area contributed by atoms with Gasteiger partial charge in [0.15, 0.2) is 6.61 Å². The van der Waals surface area contributed by atoms with Crippen LogP contribution in [0, 0.1) is 0 Å². The number of esters is 2. The molecule has 0 saturated heterocycles. The average molecular weight is 338 g/mol. The van der Waals surface area contributed by atoms with Crippen molar-refractivity contribution in [1.82, 2.24) is 0 Å². The zero-order valence-corrected chi connectivity index (χ0v) is 11.9. The van der Waals surface area contributed by atoms with Gasteiger partial charge in [0.1, 0.15) is 6.61 Å². The molecule has 1 aromatic rings. The second-order valence-corrected chi connectivity index (χ2v) is 5.57. The molecular weight excluding hydrogens is 326 g/mol. The fraction of sp³-hybridized carbons (Fsp3) is 0.333. The van der Waals surface area contributed by atoms with Crippen molar-refractivity contribution in [1.29, 1.82) is 0 Å². The summed E-state index contributed by atoms with van der Waals surface area (Å²) in [5.41, 5.74) is 0.244. The van der Waals surface area contributed by atoms with Gasteiger partial charge in [-0.2, -0.15) is 17.2 Å². The topological polar surface area (TPSA) is 107 Å². The van der Waals surface area contributed by atoms with Gasteiger partial charge >= 0.3 is 27.3 Å². The van der Waals surface area contributed by atoms with Gasteiger partial charge in [0.05, 0.1) is 12.0 Å². The average Bonchev–Trinajstić information content (AvgIpc) is 2.45. The Morgan fingerprint density at radius 2 is 1.73 bits per heavy atom. The molecule has 0 radical (unpaired) electrons. The molecule has 0 spiro atoms. The van der Waals surface area contributed by atoms with E-state index in [9.17, 15) is 26.8 Å². The molecular formula is C12H12F2O7S. The molecule has 22 heavy (non-hydrogen) atoms. The molecule has 0 aliphatic heterocycles. The molecule has 0 fully saturated rings. The van der Waals surface area contributed by atoms with E-state index < -0.39 is 46.9 Å². The highest BCUT2D eigenvalue weighted by Gasteiger charge is 2.45. The van der Waals surface area contributed by atoms with E-state index in [1.54, 1.807) is 18.2 Å². The normalized spacial score (nSPS) is 11.8. The summed E-state index contributed by atoms with van der Waals surface area (Å²) in [4.78, 5) is 22.6. The van der Waals surface area contributed by atoms with Crippen LogP contribution >= 0.6 is 0 Å². The van der Waals surface area contributed by atoms with Crippen LogP contribution in [0.5, 0.6) is 0 Å². The van der Waals surface area contributed by atoms with Gasteiger partial charge in [0.2, 0.25) is 0 Å². The van der Waals surface area contributed by atoms with Gasteiger partial charge in [0.25, 0.3) is 0 Å². The molecule has 1 aromatic carbocycles. The summed E-state index contributed by atoms with van der Waals surface area (Å²) in [5, 5.41) is -4.59. The van der Waals surface area contributed by atoms with Crippen LogP contribution in [0.3, 0.4) is 0 Å². The van der Waals surface area contributed by atoms with Gasteiger partial charge in [-0.15, -0.1) is 0 Å². The molecule has 1 N–H and O–H groups in total. The van der Waals surface area contributed by atoms with Crippen molar-refractivity contribution < 1.29 is 40.8 Å². The van der Waals surface area contributed by atoms with Gasteiger partial charge in [-0.05, 0) is 12.1 Å². The first kappa shape index (κ1) is 18.0. The molecule has 0 aliphatic carbocycles. The highest BCUT2D eigenvalue weighted by atomic mass is 32.2. The Labute approximate surface area is 124 Å². The van der Waals surface area contributed by atoms with E-state index in [4.69, 9.17) is 9.29 Å². The lowest BCUT2D eigenvalue weighted by Crippen LogP contribution is -2.34. The quantitative estimate of drug-likeness (QED) is 0.589. The van der Waals surface area contributed by atoms with Gasteiger partial charge in [-0.3, -0.25) is 9.35 Å². The third kappa shape index (κ3) is 5.37. The van der Waals surface area contributed by atoms with Crippen molar-refractivity contribution in [2.24, 2.45) is 0 Å². The van der Waals surface area contributed by atoms with E-state index in [-0.39, 0.29) is 5.56 Å². The molecule has 0 atom stereocenters. The summed E-state index contributed by atoms with van der Waals surface area (Å²) in [6.07, 6.45) is -0.542. The molecule has 0 bridgehead atoms. The fourth-order valence-electron chi connectivity index (χ4n) is 1.20. The molecule has 0 unspecified atom stereocenters. The van der Waals surface area contributed by atoms with E-state index in [2.05, 4.69) is 4.74 Å². The number of halogens is 2. The molecule has 122 valence electrons. The van der Waals surface area contributed by atoms with Crippen LogP contribution in [0.1, 0.15) is 16.8 Å². The summed E-state index contributed by atoms with van der Waals surface area (Å²) < 4.78 is 63.0. The standard InChI is InChI=1S/C12H12F2O7S/c13-12(14,22(17,18)19)8-21-10(15)6-7-20-11(16)9-4-2-1-3-5-9/h1-5H,6-8H2,(H,17,18,19). The lowest BCUT2D eigenvalue weighted by molar-refractivity contribution is -0.150. The molecule has 7 nitrogen and oxygen atoms in total. The molecule has 10 heteroatoms. The fourth-order valence-corrected chi connectivity index (χ4v) is 1.40. The number of benzene rings is 1. The second kappa shape index (κ2) is 7.27. The third-order valence-electron chi connectivity index (χ3n) is 2.33. The van der Waals surface area contributed by atoms with Crippen LogP contribution in [-0.4, -0.2) is 43.4 Å². The van der Waals surface area contributed by atoms with E-state index in [1.165, 1.54) is 12.1 Å². The Hall–Kier alpha value is -2.07. The number of carbonyl (C=O) groups excluding carboxylic acids is 2. The summed E-state index contributed by atoms with van der Waals surface area (Å²) in [6, 6.07) is 7.84. The van der Waals surface area contributed by atoms with Gasteiger partial charge < -0.3 is 9.47 Å². The summed E-state index contributed by atoms with van der Waals surface area (Å²) in [5.74, 6) is -1.92. The molecule has 0 saturated carbocycles. The van der Waals surface area contributed by atoms with E-state index in [0.29, 0.717) is 0 Å². The predicted octanol–water partition coefficient (Wildman–Crippen LogP) is 1.26. The van der Waals surface area contributed by atoms with E-state index in [1.807, 2.05) is 0 Å². The second-order valence-electron chi connectivity index (χ2n) is 4.03. The highest BCUT2D eigenvalue weighted by Crippen LogP contribution is 2.20. The summed E-state index contributed by atoms with van der Waals surface area (Å²) >= 11 is 0. The van der Waals surface area contributed by atoms with Crippen LogP contribution < -0.4 is 0 Å². The summed E-state index contributed by atoms with van der Waals surface area (Å²) in [7, 11) is -5.66. The van der Waals surface area contributed by atoms with Crippen molar-refractivity contribution >= 4 is 22.1 Å². The number of hydrogen-bond donors (Lipinski definition) is 1. The number of alkyl halides is 2. The first-order chi connectivity index (χ1) is 10.1. The van der Waals surface area contributed by atoms with Crippen molar-refractivity contribution in [3.05, 3.63) is 35.9 Å². The molecule has 0 aliphatic rings. The molecule has 1 rings (SSSR count). The van der Waals surface area contributed by atoms with Crippen molar-refractivity contribution in [2.75, 3.05) is 13.2 Å². The minimum Gasteiger partial charge on any atom is -0.461 e. The number of carbonyl (C=O) groups is 2. The number of ether oxygens (including phenoxy) is 2. The smallest absolute Gasteiger partial charge is 0.402 e. The largest absolute Gasteiger partial charge is 0.461 e. The lowest BCUT2D eigenvalue weighted by atomic mass is 10.2. The summed E-state index contributed by atoms with van der Waals surface area (Å²) in [6.45, 7) is -2.25. The van der Waals surface area contributed by atoms with Gasteiger partial charge in [-0.1, -0.05) is 18.2 Å². The Morgan fingerprint density at radius 1 is 1.14 bits per heavy atom. The number of rotatable bonds is 7. The van der Waals surface area contributed by atoms with Crippen LogP contribution in [-0.2, 0) is 24.4 Å². The molecule has 0 heterocycles. The third-order valence-corrected chi connectivity index (χ3v) is 3.20.